The molecule has 0 aromatic carbocycles. The van der Waals surface area contributed by atoms with Crippen molar-refractivity contribution in [2.75, 3.05) is 0 Å². The zero-order chi connectivity index (χ0) is 5.91. The van der Waals surface area contributed by atoms with Crippen LogP contribution < -0.4 is 0 Å². The first kappa shape index (κ1) is 7.60. The Balaban J connectivity index is 3.80. The van der Waals surface area contributed by atoms with E-state index >= 15 is 0 Å². The summed E-state index contributed by atoms with van der Waals surface area (Å²) in [6, 6.07) is 0. The zero-order valence-corrected chi connectivity index (χ0v) is 8.53. The van der Waals surface area contributed by atoms with Crippen LogP contribution in [0.25, 0.3) is 0 Å². The number of hydrogen-bond acceptors (Lipinski definition) is 2. The molecule has 0 aromatic heterocycles. The molecular formula is C4H9NSSn. The molecule has 1 nitrogen and oxygen atoms in total. The van der Waals surface area contributed by atoms with E-state index in [-0.39, 0.29) is 0 Å². The first-order chi connectivity index (χ1) is 3.06. The second-order valence-corrected chi connectivity index (χ2v) is 15.6. The molecule has 0 unspecified atom stereocenters. The molecule has 3 heteroatoms. The van der Waals surface area contributed by atoms with Crippen molar-refractivity contribution in [2.24, 2.45) is 3.21 Å². The fraction of sp³-hybridized carbons (Fsp3) is 0.750. The Bertz CT molecular complexity index is 98.7. The summed E-state index contributed by atoms with van der Waals surface area (Å²) in [5.74, 6) is 0. The van der Waals surface area contributed by atoms with E-state index in [2.05, 4.69) is 35.4 Å². The molecule has 0 saturated heterocycles. The summed E-state index contributed by atoms with van der Waals surface area (Å²) >= 11 is 2.57. The molecule has 0 N–H and O–H groups in total. The molecule has 0 spiro atoms. The summed E-state index contributed by atoms with van der Waals surface area (Å²) in [6.45, 7) is 0. The predicted molar refractivity (Wildman–Crippen MR) is 38.4 cm³/mol. The average Bonchev–Trinajstić information content (AvgIpc) is 1.30. The van der Waals surface area contributed by atoms with Crippen molar-refractivity contribution in [1.29, 1.82) is 0 Å². The van der Waals surface area contributed by atoms with Gasteiger partial charge in [-0.05, 0) is 0 Å². The van der Waals surface area contributed by atoms with E-state index in [1.165, 1.54) is 0 Å². The SMILES string of the molecule is [CH3][Sn]([CH3])([CH3])[N]=C=S. The molecule has 0 saturated carbocycles. The van der Waals surface area contributed by atoms with Crippen LogP contribution >= 0.6 is 12.2 Å². The topological polar surface area (TPSA) is 12.4 Å². The molecule has 0 aliphatic rings. The summed E-state index contributed by atoms with van der Waals surface area (Å²) in [6.07, 6.45) is 0. The molecule has 7 heavy (non-hydrogen) atoms. The minimum absolute atomic E-state index is 1.87. The molecule has 0 radical (unpaired) electrons. The van der Waals surface area contributed by atoms with E-state index in [0.29, 0.717) is 0 Å². The van der Waals surface area contributed by atoms with Gasteiger partial charge in [0.25, 0.3) is 0 Å². The van der Waals surface area contributed by atoms with Crippen molar-refractivity contribution in [3.05, 3.63) is 0 Å². The standard InChI is InChI=1S/CNS.3CH3.Sn/c2-1-3;;;;/h;3*1H3;/q-1;;;;+1. The summed E-state index contributed by atoms with van der Waals surface area (Å²) in [5, 5.41) is 2.41. The van der Waals surface area contributed by atoms with E-state index in [0.717, 1.165) is 0 Å². The first-order valence-electron chi connectivity index (χ1n) is 2.15. The fourth-order valence-corrected chi connectivity index (χ4v) is 2.76. The Hall–Kier alpha value is 0.599. The summed E-state index contributed by atoms with van der Waals surface area (Å²) in [4.78, 5) is 6.57. The van der Waals surface area contributed by atoms with Crippen LogP contribution in [0, 0.1) is 0 Å². The quantitative estimate of drug-likeness (QED) is 0.375. The van der Waals surface area contributed by atoms with Gasteiger partial charge in [-0.25, -0.2) is 0 Å². The van der Waals surface area contributed by atoms with E-state index in [1.807, 2.05) is 0 Å². The molecule has 40 valence electrons. The van der Waals surface area contributed by atoms with E-state index in [4.69, 9.17) is 0 Å². The Labute approximate surface area is 54.1 Å². The Kier molecular flexibility index (Phi) is 3.04. The molecule has 0 aliphatic heterocycles. The number of hydrogen-bond donors (Lipinski definition) is 0. The van der Waals surface area contributed by atoms with Gasteiger partial charge < -0.3 is 0 Å². The molecule has 0 aromatic rings. The van der Waals surface area contributed by atoms with Gasteiger partial charge in [0, 0.05) is 0 Å². The zero-order valence-electron chi connectivity index (χ0n) is 4.86. The van der Waals surface area contributed by atoms with Crippen molar-refractivity contribution in [2.45, 2.75) is 14.8 Å². The number of isothiocyanates is 1. The molecule has 0 rings (SSSR count). The van der Waals surface area contributed by atoms with Crippen LogP contribution in [-0.4, -0.2) is 23.8 Å². The van der Waals surface area contributed by atoms with Crippen LogP contribution in [0.1, 0.15) is 0 Å². The first-order valence-corrected chi connectivity index (χ1v) is 12.4. The van der Waals surface area contributed by atoms with Gasteiger partial charge in [0.15, 0.2) is 0 Å². The number of nitrogens with zero attached hydrogens (tertiary/aromatic N) is 1. The van der Waals surface area contributed by atoms with Gasteiger partial charge in [-0.3, -0.25) is 0 Å². The third-order valence-corrected chi connectivity index (χ3v) is 3.17. The van der Waals surface area contributed by atoms with Gasteiger partial charge in [-0.2, -0.15) is 0 Å². The summed E-state index contributed by atoms with van der Waals surface area (Å²) < 4.78 is 4.03. The van der Waals surface area contributed by atoms with Crippen molar-refractivity contribution in [1.82, 2.24) is 0 Å². The van der Waals surface area contributed by atoms with Gasteiger partial charge in [0.2, 0.25) is 0 Å². The van der Waals surface area contributed by atoms with Crippen LogP contribution in [0.15, 0.2) is 3.21 Å². The van der Waals surface area contributed by atoms with Crippen molar-refractivity contribution >= 4 is 36.0 Å². The van der Waals surface area contributed by atoms with Gasteiger partial charge in [0.1, 0.15) is 0 Å². The second-order valence-electron chi connectivity index (χ2n) is 2.37. The average molecular weight is 222 g/mol. The molecule has 0 amide bonds. The molecule has 0 heterocycles. The molecule has 0 fully saturated rings. The Morgan fingerprint density at radius 1 is 1.43 bits per heavy atom. The normalized spacial score (nSPS) is 10.1. The monoisotopic (exact) mass is 223 g/mol. The maximum atomic E-state index is 4.44. The fourth-order valence-electron chi connectivity index (χ4n) is 0.137. The van der Waals surface area contributed by atoms with E-state index in [9.17, 15) is 0 Å². The van der Waals surface area contributed by atoms with Crippen molar-refractivity contribution in [3.8, 4) is 0 Å². The molecule has 0 atom stereocenters. The van der Waals surface area contributed by atoms with E-state index in [1.54, 1.807) is 0 Å². The second kappa shape index (κ2) is 2.80. The van der Waals surface area contributed by atoms with Gasteiger partial charge in [-0.15, -0.1) is 0 Å². The van der Waals surface area contributed by atoms with Crippen LogP contribution in [0.4, 0.5) is 0 Å². The molecular weight excluding hydrogens is 213 g/mol. The van der Waals surface area contributed by atoms with Crippen LogP contribution in [-0.2, 0) is 0 Å². The molecule has 0 bridgehead atoms. The van der Waals surface area contributed by atoms with Crippen molar-refractivity contribution in [3.63, 3.8) is 0 Å². The van der Waals surface area contributed by atoms with Gasteiger partial charge in [0.05, 0.1) is 0 Å². The van der Waals surface area contributed by atoms with Crippen LogP contribution in [0.5, 0.6) is 0 Å². The third-order valence-electron chi connectivity index (χ3n) is 0.381. The summed E-state index contributed by atoms with van der Waals surface area (Å²) in [5.41, 5.74) is 0. The van der Waals surface area contributed by atoms with Gasteiger partial charge in [-0.1, -0.05) is 0 Å². The molecule has 0 aliphatic carbocycles. The van der Waals surface area contributed by atoms with Crippen LogP contribution in [0.3, 0.4) is 0 Å². The summed E-state index contributed by atoms with van der Waals surface area (Å²) in [7, 11) is 0. The predicted octanol–water partition coefficient (Wildman–Crippen LogP) is 1.92. The van der Waals surface area contributed by atoms with Crippen LogP contribution in [0.2, 0.25) is 14.8 Å². The third kappa shape index (κ3) is 6.60. The minimum atomic E-state index is -1.87. The van der Waals surface area contributed by atoms with E-state index < -0.39 is 18.7 Å². The number of rotatable bonds is 1. The maximum absolute atomic E-state index is 4.44. The van der Waals surface area contributed by atoms with Gasteiger partial charge >= 0.3 is 54.1 Å². The number of thiocarbonyl (C=S) groups is 1. The Morgan fingerprint density at radius 3 is 1.86 bits per heavy atom. The van der Waals surface area contributed by atoms with Crippen molar-refractivity contribution < 1.29 is 0 Å². The Morgan fingerprint density at radius 2 is 1.86 bits per heavy atom.